The van der Waals surface area contributed by atoms with Crippen LogP contribution >= 0.6 is 11.8 Å². The monoisotopic (exact) mass is 349 g/mol. The van der Waals surface area contributed by atoms with Crippen molar-refractivity contribution in [3.63, 3.8) is 0 Å². The maximum absolute atomic E-state index is 12.0. The summed E-state index contributed by atoms with van der Waals surface area (Å²) in [6, 6.07) is 8.51. The third-order valence-corrected chi connectivity index (χ3v) is 4.91. The number of likely N-dealkylation sites (tertiary alicyclic amines) is 1. The number of aliphatic imine (C=N–C) groups is 1. The molecule has 0 aliphatic carbocycles. The van der Waals surface area contributed by atoms with Crippen LogP contribution in [0.2, 0.25) is 0 Å². The fourth-order valence-corrected chi connectivity index (χ4v) is 3.29. The molecule has 1 N–H and O–H groups in total. The van der Waals surface area contributed by atoms with Gasteiger partial charge in [0.2, 0.25) is 0 Å². The SMILES string of the molecule is CCOC(=O)C1CCCN(C(=NC)NCc2ccc(SC)cc2)C1. The highest BCUT2D eigenvalue weighted by molar-refractivity contribution is 7.98. The van der Waals surface area contributed by atoms with Crippen molar-refractivity contribution in [1.82, 2.24) is 10.2 Å². The molecular formula is C18H27N3O2S. The van der Waals surface area contributed by atoms with Gasteiger partial charge in [0, 0.05) is 31.6 Å². The van der Waals surface area contributed by atoms with E-state index in [2.05, 4.69) is 45.7 Å². The predicted molar refractivity (Wildman–Crippen MR) is 99.4 cm³/mol. The summed E-state index contributed by atoms with van der Waals surface area (Å²) in [5, 5.41) is 3.40. The number of esters is 1. The fourth-order valence-electron chi connectivity index (χ4n) is 2.88. The largest absolute Gasteiger partial charge is 0.466 e. The Morgan fingerprint density at radius 2 is 2.17 bits per heavy atom. The normalized spacial score (nSPS) is 18.4. The van der Waals surface area contributed by atoms with Crippen LogP contribution in [-0.4, -0.2) is 49.8 Å². The third kappa shape index (κ3) is 5.16. The van der Waals surface area contributed by atoms with Gasteiger partial charge in [0.25, 0.3) is 0 Å². The van der Waals surface area contributed by atoms with Crippen molar-refractivity contribution in [1.29, 1.82) is 0 Å². The molecule has 1 unspecified atom stereocenters. The first-order valence-corrected chi connectivity index (χ1v) is 9.65. The van der Waals surface area contributed by atoms with E-state index in [4.69, 9.17) is 4.74 Å². The lowest BCUT2D eigenvalue weighted by Crippen LogP contribution is -2.48. The van der Waals surface area contributed by atoms with Crippen molar-refractivity contribution >= 4 is 23.7 Å². The first-order valence-electron chi connectivity index (χ1n) is 8.43. The van der Waals surface area contributed by atoms with Crippen LogP contribution in [0.4, 0.5) is 0 Å². The minimum Gasteiger partial charge on any atom is -0.466 e. The second-order valence-corrected chi connectivity index (χ2v) is 6.67. The zero-order chi connectivity index (χ0) is 17.4. The Labute approximate surface area is 148 Å². The molecule has 1 atom stereocenters. The Morgan fingerprint density at radius 1 is 1.42 bits per heavy atom. The smallest absolute Gasteiger partial charge is 0.310 e. The van der Waals surface area contributed by atoms with Crippen molar-refractivity contribution in [2.75, 3.05) is 33.0 Å². The number of hydrogen-bond acceptors (Lipinski definition) is 4. The Hall–Kier alpha value is -1.69. The van der Waals surface area contributed by atoms with Crippen molar-refractivity contribution < 1.29 is 9.53 Å². The van der Waals surface area contributed by atoms with E-state index in [0.717, 1.165) is 31.9 Å². The Bertz CT molecular complexity index is 560. The Morgan fingerprint density at radius 3 is 2.79 bits per heavy atom. The molecule has 1 aliphatic heterocycles. The highest BCUT2D eigenvalue weighted by atomic mass is 32.2. The second kappa shape index (κ2) is 9.57. The lowest BCUT2D eigenvalue weighted by Gasteiger charge is -2.34. The third-order valence-electron chi connectivity index (χ3n) is 4.16. The molecule has 1 aliphatic rings. The molecular weight excluding hydrogens is 322 g/mol. The molecule has 1 aromatic rings. The van der Waals surface area contributed by atoms with Gasteiger partial charge in [-0.15, -0.1) is 11.8 Å². The summed E-state index contributed by atoms with van der Waals surface area (Å²) in [4.78, 5) is 19.8. The summed E-state index contributed by atoms with van der Waals surface area (Å²) in [5.41, 5.74) is 1.22. The van der Waals surface area contributed by atoms with E-state index in [0.29, 0.717) is 13.2 Å². The molecule has 0 bridgehead atoms. The molecule has 0 amide bonds. The fraction of sp³-hybridized carbons (Fsp3) is 0.556. The number of ether oxygens (including phenoxy) is 1. The van der Waals surface area contributed by atoms with Gasteiger partial charge in [0.1, 0.15) is 0 Å². The van der Waals surface area contributed by atoms with Gasteiger partial charge in [-0.2, -0.15) is 0 Å². The van der Waals surface area contributed by atoms with Gasteiger partial charge in [-0.25, -0.2) is 0 Å². The van der Waals surface area contributed by atoms with Gasteiger partial charge in [-0.3, -0.25) is 9.79 Å². The molecule has 5 nitrogen and oxygen atoms in total. The summed E-state index contributed by atoms with van der Waals surface area (Å²) < 4.78 is 5.17. The van der Waals surface area contributed by atoms with Crippen LogP contribution in [-0.2, 0) is 16.1 Å². The van der Waals surface area contributed by atoms with Crippen LogP contribution in [0.15, 0.2) is 34.2 Å². The lowest BCUT2D eigenvalue weighted by molar-refractivity contribution is -0.149. The zero-order valence-electron chi connectivity index (χ0n) is 14.7. The van der Waals surface area contributed by atoms with Crippen molar-refractivity contribution in [2.24, 2.45) is 10.9 Å². The van der Waals surface area contributed by atoms with E-state index in [-0.39, 0.29) is 11.9 Å². The number of benzene rings is 1. The molecule has 0 radical (unpaired) electrons. The van der Waals surface area contributed by atoms with E-state index < -0.39 is 0 Å². The van der Waals surface area contributed by atoms with Crippen molar-refractivity contribution in [3.05, 3.63) is 29.8 Å². The molecule has 24 heavy (non-hydrogen) atoms. The predicted octanol–water partition coefficient (Wildman–Crippen LogP) is 2.76. The summed E-state index contributed by atoms with van der Waals surface area (Å²) >= 11 is 1.74. The topological polar surface area (TPSA) is 53.9 Å². The Kier molecular flexibility index (Phi) is 7.43. The average Bonchev–Trinajstić information content (AvgIpc) is 2.63. The van der Waals surface area contributed by atoms with Gasteiger partial charge in [-0.1, -0.05) is 12.1 Å². The van der Waals surface area contributed by atoms with Gasteiger partial charge >= 0.3 is 5.97 Å². The van der Waals surface area contributed by atoms with Gasteiger partial charge in [0.05, 0.1) is 12.5 Å². The molecule has 1 saturated heterocycles. The van der Waals surface area contributed by atoms with Gasteiger partial charge in [-0.05, 0) is 43.7 Å². The highest BCUT2D eigenvalue weighted by Crippen LogP contribution is 2.18. The quantitative estimate of drug-likeness (QED) is 0.383. The van der Waals surface area contributed by atoms with E-state index in [1.54, 1.807) is 18.8 Å². The number of guanidine groups is 1. The number of piperidine rings is 1. The number of nitrogens with one attached hydrogen (secondary N) is 1. The molecule has 1 fully saturated rings. The maximum atomic E-state index is 12.0. The summed E-state index contributed by atoms with van der Waals surface area (Å²) in [7, 11) is 1.78. The lowest BCUT2D eigenvalue weighted by atomic mass is 9.98. The number of hydrogen-bond donors (Lipinski definition) is 1. The highest BCUT2D eigenvalue weighted by Gasteiger charge is 2.28. The van der Waals surface area contributed by atoms with Crippen LogP contribution in [0.25, 0.3) is 0 Å². The maximum Gasteiger partial charge on any atom is 0.310 e. The molecule has 0 aromatic heterocycles. The molecule has 0 spiro atoms. The Balaban J connectivity index is 1.91. The van der Waals surface area contributed by atoms with Crippen LogP contribution < -0.4 is 5.32 Å². The standard InChI is InChI=1S/C18H27N3O2S/c1-4-23-17(22)15-6-5-11-21(13-15)18(19-2)20-12-14-7-9-16(24-3)10-8-14/h7-10,15H,4-6,11-13H2,1-3H3,(H,19,20). The van der Waals surface area contributed by atoms with E-state index in [1.807, 2.05) is 6.92 Å². The van der Waals surface area contributed by atoms with Crippen LogP contribution in [0.5, 0.6) is 0 Å². The minimum atomic E-state index is -0.0923. The summed E-state index contributed by atoms with van der Waals surface area (Å²) in [6.45, 7) is 4.60. The average molecular weight is 350 g/mol. The number of carbonyl (C=O) groups is 1. The van der Waals surface area contributed by atoms with Crippen molar-refractivity contribution in [2.45, 2.75) is 31.2 Å². The van der Waals surface area contributed by atoms with Gasteiger partial charge in [0.15, 0.2) is 5.96 Å². The summed E-state index contributed by atoms with van der Waals surface area (Å²) in [6.07, 6.45) is 3.94. The van der Waals surface area contributed by atoms with Gasteiger partial charge < -0.3 is 15.0 Å². The van der Waals surface area contributed by atoms with Crippen LogP contribution in [0.3, 0.4) is 0 Å². The molecule has 0 saturated carbocycles. The van der Waals surface area contributed by atoms with Crippen molar-refractivity contribution in [3.8, 4) is 0 Å². The zero-order valence-corrected chi connectivity index (χ0v) is 15.6. The van der Waals surface area contributed by atoms with E-state index in [9.17, 15) is 4.79 Å². The molecule has 1 heterocycles. The van der Waals surface area contributed by atoms with E-state index in [1.165, 1.54) is 10.5 Å². The summed E-state index contributed by atoms with van der Waals surface area (Å²) in [5.74, 6) is 0.696. The van der Waals surface area contributed by atoms with E-state index >= 15 is 0 Å². The number of thioether (sulfide) groups is 1. The number of rotatable bonds is 5. The number of nitrogens with zero attached hydrogens (tertiary/aromatic N) is 2. The minimum absolute atomic E-state index is 0.0573. The second-order valence-electron chi connectivity index (χ2n) is 5.79. The van der Waals surface area contributed by atoms with Crippen LogP contribution in [0, 0.1) is 5.92 Å². The van der Waals surface area contributed by atoms with Crippen LogP contribution in [0.1, 0.15) is 25.3 Å². The molecule has 2 rings (SSSR count). The first-order chi connectivity index (χ1) is 11.7. The molecule has 6 heteroatoms. The molecule has 1 aromatic carbocycles. The number of carbonyl (C=O) groups excluding carboxylic acids is 1. The molecule has 132 valence electrons. The first kappa shape index (κ1) is 18.6.